The fraction of sp³-hybridized carbons (Fsp3) is 0.393. The highest BCUT2D eigenvalue weighted by Crippen LogP contribution is 2.31. The van der Waals surface area contributed by atoms with E-state index in [1.165, 1.54) is 4.90 Å². The molecule has 3 aromatic rings. The lowest BCUT2D eigenvalue weighted by molar-refractivity contribution is -0.149. The second-order valence-corrected chi connectivity index (χ2v) is 8.85. The molecule has 1 aliphatic heterocycles. The predicted molar refractivity (Wildman–Crippen MR) is 152 cm³/mol. The summed E-state index contributed by atoms with van der Waals surface area (Å²) in [6.45, 7) is 7.24. The number of H-pyrrole nitrogens is 1. The molecule has 4 N–H and O–H groups in total. The predicted octanol–water partition coefficient (Wildman–Crippen LogP) is 4.40. The molecule has 11 heteroatoms. The third kappa shape index (κ3) is 6.98. The van der Waals surface area contributed by atoms with Crippen LogP contribution in [0, 0.1) is 11.6 Å². The Morgan fingerprint density at radius 3 is 2.51 bits per heavy atom. The number of hydrogen-bond donors (Lipinski definition) is 4. The van der Waals surface area contributed by atoms with Gasteiger partial charge in [0.2, 0.25) is 5.60 Å². The number of aromatic amines is 1. The molecule has 0 spiro atoms. The van der Waals surface area contributed by atoms with Crippen molar-refractivity contribution in [2.45, 2.75) is 45.8 Å². The van der Waals surface area contributed by atoms with Gasteiger partial charge < -0.3 is 30.4 Å². The minimum atomic E-state index is -2.32. The van der Waals surface area contributed by atoms with Crippen molar-refractivity contribution in [1.29, 1.82) is 0 Å². The summed E-state index contributed by atoms with van der Waals surface area (Å²) < 4.78 is 32.1. The van der Waals surface area contributed by atoms with Crippen LogP contribution in [0.3, 0.4) is 0 Å². The highest BCUT2D eigenvalue weighted by Gasteiger charge is 2.51. The maximum absolute atomic E-state index is 13.4. The van der Waals surface area contributed by atoms with Crippen molar-refractivity contribution in [1.82, 2.24) is 15.6 Å². The summed E-state index contributed by atoms with van der Waals surface area (Å²) in [6.07, 6.45) is 0.740. The number of carbonyl (C=O) groups excluding carboxylic acids is 3. The number of halogens is 2. The Kier molecular flexibility index (Phi) is 10.1. The van der Waals surface area contributed by atoms with Gasteiger partial charge in [0.1, 0.15) is 17.3 Å². The molecule has 1 aromatic heterocycles. The molecule has 1 unspecified atom stereocenters. The second-order valence-electron chi connectivity index (χ2n) is 8.85. The van der Waals surface area contributed by atoms with E-state index in [2.05, 4.69) is 15.6 Å². The number of amides is 3. The van der Waals surface area contributed by atoms with Crippen LogP contribution in [0.1, 0.15) is 55.4 Å². The Labute approximate surface area is 231 Å². The van der Waals surface area contributed by atoms with E-state index in [9.17, 15) is 28.3 Å². The average Bonchev–Trinajstić information content (AvgIpc) is 3.48. The van der Waals surface area contributed by atoms with Crippen molar-refractivity contribution in [3.8, 4) is 0 Å². The summed E-state index contributed by atoms with van der Waals surface area (Å²) in [5.74, 6) is -3.65. The molecule has 1 atom stereocenters. The third-order valence-corrected chi connectivity index (χ3v) is 6.09. The lowest BCUT2D eigenvalue weighted by Crippen LogP contribution is -2.52. The quantitative estimate of drug-likeness (QED) is 0.219. The van der Waals surface area contributed by atoms with Crippen LogP contribution in [0.25, 0.3) is 10.9 Å². The molecular weight excluding hydrogens is 510 g/mol. The van der Waals surface area contributed by atoms with Crippen molar-refractivity contribution >= 4 is 34.3 Å². The van der Waals surface area contributed by atoms with E-state index in [1.807, 2.05) is 20.8 Å². The highest BCUT2D eigenvalue weighted by atomic mass is 19.1. The zero-order chi connectivity index (χ0) is 28.6. The standard InChI is InChI=1S/C26H28F2N4O5.C2H6.4H2/c1-2-8-37-9-6-29-23(33)22-13-17-12-20(3-4-21(17)31-22)32-7-5-26(36,25(32)35)24(34)30-15-16-10-18(27)14-19(28)11-16;1-2;;;;/h3-4,10-14,31,36H,2,5-9,15H2,1H3,(H,29,33)(H,30,34);1-2H3;4*1H. The van der Waals surface area contributed by atoms with Gasteiger partial charge in [-0.15, -0.1) is 0 Å². The topological polar surface area (TPSA) is 124 Å². The Balaban J connectivity index is 0. The van der Waals surface area contributed by atoms with Crippen LogP contribution in [0.5, 0.6) is 0 Å². The molecular formula is C28H42F2N4O5. The SMILES string of the molecule is CC.CCCOCCNC(=O)c1cc2cc(N3CCC(O)(C(=O)NCc4cc(F)cc(F)c4)C3=O)ccc2[nH]1.[HH].[HH].[HH].[HH]. The molecule has 0 aliphatic carbocycles. The normalized spacial score (nSPS) is 16.7. The lowest BCUT2D eigenvalue weighted by Gasteiger charge is -2.22. The summed E-state index contributed by atoms with van der Waals surface area (Å²) >= 11 is 0. The largest absolute Gasteiger partial charge is 0.380 e. The van der Waals surface area contributed by atoms with Crippen LogP contribution in [0.2, 0.25) is 0 Å². The van der Waals surface area contributed by atoms with Gasteiger partial charge in [0.15, 0.2) is 0 Å². The number of anilines is 1. The fourth-order valence-corrected chi connectivity index (χ4v) is 4.19. The third-order valence-electron chi connectivity index (χ3n) is 6.09. The summed E-state index contributed by atoms with van der Waals surface area (Å²) in [7, 11) is 0. The van der Waals surface area contributed by atoms with Crippen molar-refractivity contribution in [3.05, 3.63) is 65.4 Å². The van der Waals surface area contributed by atoms with Crippen LogP contribution in [0.15, 0.2) is 42.5 Å². The molecule has 9 nitrogen and oxygen atoms in total. The number of ether oxygens (including phenoxy) is 1. The van der Waals surface area contributed by atoms with Crippen LogP contribution in [-0.4, -0.2) is 59.7 Å². The molecule has 1 saturated heterocycles. The van der Waals surface area contributed by atoms with E-state index in [-0.39, 0.29) is 36.7 Å². The average molecular weight is 553 g/mol. The maximum Gasteiger partial charge on any atom is 0.268 e. The Hall–Kier alpha value is -3.83. The number of nitrogens with zero attached hydrogens (tertiary/aromatic N) is 1. The molecule has 2 aromatic carbocycles. The number of nitrogens with one attached hydrogen (secondary N) is 3. The summed E-state index contributed by atoms with van der Waals surface area (Å²) in [5, 5.41) is 16.7. The van der Waals surface area contributed by atoms with Gasteiger partial charge in [0.05, 0.1) is 6.61 Å². The van der Waals surface area contributed by atoms with Gasteiger partial charge in [0, 0.05) is 61.0 Å². The smallest absolute Gasteiger partial charge is 0.268 e. The van der Waals surface area contributed by atoms with E-state index in [1.54, 1.807) is 24.3 Å². The minimum Gasteiger partial charge on any atom is -0.380 e. The number of aliphatic hydroxyl groups is 1. The van der Waals surface area contributed by atoms with Gasteiger partial charge in [-0.1, -0.05) is 20.8 Å². The van der Waals surface area contributed by atoms with E-state index in [4.69, 9.17) is 4.74 Å². The molecule has 0 saturated carbocycles. The molecule has 218 valence electrons. The number of carbonyl (C=O) groups is 3. The monoisotopic (exact) mass is 552 g/mol. The lowest BCUT2D eigenvalue weighted by atomic mass is 10.0. The van der Waals surface area contributed by atoms with Crippen LogP contribution in [-0.2, 0) is 20.9 Å². The number of rotatable bonds is 10. The van der Waals surface area contributed by atoms with Gasteiger partial charge in [-0.2, -0.15) is 0 Å². The first-order chi connectivity index (χ1) is 18.7. The summed E-state index contributed by atoms with van der Waals surface area (Å²) in [6, 6.07) is 9.50. The maximum atomic E-state index is 13.4. The van der Waals surface area contributed by atoms with Gasteiger partial charge in [0.25, 0.3) is 17.7 Å². The van der Waals surface area contributed by atoms with E-state index in [0.717, 1.165) is 18.6 Å². The molecule has 1 fully saturated rings. The summed E-state index contributed by atoms with van der Waals surface area (Å²) in [5.41, 5.74) is -0.683. The summed E-state index contributed by atoms with van der Waals surface area (Å²) in [4.78, 5) is 42.5. The fourth-order valence-electron chi connectivity index (χ4n) is 4.19. The number of benzene rings is 2. The number of hydrogen-bond acceptors (Lipinski definition) is 5. The van der Waals surface area contributed by atoms with Crippen molar-refractivity contribution in [3.63, 3.8) is 0 Å². The minimum absolute atomic E-state index is 0. The van der Waals surface area contributed by atoms with Crippen molar-refractivity contribution in [2.75, 3.05) is 31.2 Å². The van der Waals surface area contributed by atoms with E-state index >= 15 is 0 Å². The van der Waals surface area contributed by atoms with Gasteiger partial charge in [-0.25, -0.2) is 8.78 Å². The van der Waals surface area contributed by atoms with Crippen LogP contribution >= 0.6 is 0 Å². The van der Waals surface area contributed by atoms with E-state index in [0.29, 0.717) is 48.1 Å². The van der Waals surface area contributed by atoms with Crippen LogP contribution in [0.4, 0.5) is 14.5 Å². The van der Waals surface area contributed by atoms with Gasteiger partial charge in [-0.05, 0) is 48.4 Å². The van der Waals surface area contributed by atoms with Gasteiger partial charge >= 0.3 is 0 Å². The van der Waals surface area contributed by atoms with E-state index < -0.39 is 29.0 Å². The Bertz CT molecular complexity index is 1330. The Morgan fingerprint density at radius 2 is 1.82 bits per heavy atom. The molecule has 4 rings (SSSR count). The zero-order valence-corrected chi connectivity index (χ0v) is 22.3. The first-order valence-corrected chi connectivity index (χ1v) is 13.0. The molecule has 2 heterocycles. The second kappa shape index (κ2) is 13.3. The molecule has 3 amide bonds. The number of fused-ring (bicyclic) bond motifs is 1. The molecule has 0 bridgehead atoms. The van der Waals surface area contributed by atoms with Gasteiger partial charge in [-0.3, -0.25) is 14.4 Å². The highest BCUT2D eigenvalue weighted by molar-refractivity contribution is 6.16. The van der Waals surface area contributed by atoms with Crippen molar-refractivity contribution < 1.29 is 38.7 Å². The zero-order valence-electron chi connectivity index (χ0n) is 22.3. The first kappa shape index (κ1) is 29.7. The van der Waals surface area contributed by atoms with Crippen LogP contribution < -0.4 is 15.5 Å². The molecule has 0 radical (unpaired) electrons. The molecule has 1 aliphatic rings. The van der Waals surface area contributed by atoms with Crippen molar-refractivity contribution in [2.24, 2.45) is 0 Å². The number of aromatic nitrogens is 1. The Morgan fingerprint density at radius 1 is 1.10 bits per heavy atom. The molecule has 39 heavy (non-hydrogen) atoms. The first-order valence-electron chi connectivity index (χ1n) is 13.0.